The van der Waals surface area contributed by atoms with E-state index in [4.69, 9.17) is 10.9 Å². The maximum atomic E-state index is 10.3. The van der Waals surface area contributed by atoms with E-state index in [1.165, 1.54) is 0 Å². The van der Waals surface area contributed by atoms with Crippen LogP contribution < -0.4 is 10.9 Å². The zero-order valence-corrected chi connectivity index (χ0v) is 6.19. The molecule has 0 radical (unpaired) electrons. The van der Waals surface area contributed by atoms with Gasteiger partial charge in [0.05, 0.1) is 5.75 Å². The Bertz CT molecular complexity index is 163. The first-order chi connectivity index (χ1) is 3.95. The second kappa shape index (κ2) is 3.14. The molecule has 0 saturated carbocycles. The summed E-state index contributed by atoms with van der Waals surface area (Å²) in [5.74, 6) is -0.0660. The van der Waals surface area contributed by atoms with Crippen LogP contribution in [0.15, 0.2) is 0 Å². The van der Waals surface area contributed by atoms with E-state index in [9.17, 15) is 8.42 Å². The van der Waals surface area contributed by atoms with Gasteiger partial charge in [0.1, 0.15) is 0 Å². The predicted molar refractivity (Wildman–Crippen MR) is 36.2 cm³/mol. The fourth-order valence-electron chi connectivity index (χ4n) is 0.465. The van der Waals surface area contributed by atoms with E-state index in [2.05, 4.69) is 0 Å². The highest BCUT2D eigenvalue weighted by Gasteiger charge is 2.07. The van der Waals surface area contributed by atoms with Crippen molar-refractivity contribution in [1.82, 2.24) is 0 Å². The Balaban J connectivity index is 3.75. The van der Waals surface area contributed by atoms with E-state index in [1.807, 2.05) is 0 Å². The lowest BCUT2D eigenvalue weighted by Gasteiger charge is -2.03. The van der Waals surface area contributed by atoms with Gasteiger partial charge in [-0.15, -0.1) is 0 Å². The number of nitrogens with two attached hydrogens (primary N) is 2. The fourth-order valence-corrected chi connectivity index (χ4v) is 1.39. The van der Waals surface area contributed by atoms with Crippen molar-refractivity contribution in [3.8, 4) is 0 Å². The maximum absolute atomic E-state index is 10.3. The maximum Gasteiger partial charge on any atom is 0.209 e. The molecule has 0 fully saturated rings. The predicted octanol–water partition coefficient (Wildman–Crippen LogP) is -1.13. The standard InChI is InChI=1S/C4H12N2O2S/c1-4(2-5)3-9(6,7)8/h4H,2-3,5H2,1H3,(H2,6,7,8). The molecule has 56 valence electrons. The van der Waals surface area contributed by atoms with Gasteiger partial charge < -0.3 is 5.73 Å². The molecule has 0 spiro atoms. The molecule has 1 atom stereocenters. The van der Waals surface area contributed by atoms with E-state index in [-0.39, 0.29) is 11.7 Å². The van der Waals surface area contributed by atoms with Crippen molar-refractivity contribution in [2.75, 3.05) is 12.3 Å². The van der Waals surface area contributed by atoms with Crippen LogP contribution in [0.4, 0.5) is 0 Å². The molecule has 0 bridgehead atoms. The number of sulfonamides is 1. The average molecular weight is 152 g/mol. The van der Waals surface area contributed by atoms with Gasteiger partial charge in [-0.25, -0.2) is 13.6 Å². The fraction of sp³-hybridized carbons (Fsp3) is 1.00. The molecular formula is C4H12N2O2S. The van der Waals surface area contributed by atoms with Crippen LogP contribution in [-0.2, 0) is 10.0 Å². The summed E-state index contributed by atoms with van der Waals surface area (Å²) in [4.78, 5) is 0. The highest BCUT2D eigenvalue weighted by molar-refractivity contribution is 7.89. The van der Waals surface area contributed by atoms with Gasteiger partial charge in [0, 0.05) is 0 Å². The van der Waals surface area contributed by atoms with Crippen molar-refractivity contribution in [1.29, 1.82) is 0 Å². The number of hydrogen-bond donors (Lipinski definition) is 2. The first-order valence-electron chi connectivity index (χ1n) is 2.66. The SMILES string of the molecule is CC(CN)CS(N)(=O)=O. The van der Waals surface area contributed by atoms with E-state index < -0.39 is 10.0 Å². The van der Waals surface area contributed by atoms with Crippen LogP contribution in [0, 0.1) is 5.92 Å². The largest absolute Gasteiger partial charge is 0.330 e. The third-order valence-electron chi connectivity index (χ3n) is 0.919. The number of hydrogen-bond acceptors (Lipinski definition) is 3. The van der Waals surface area contributed by atoms with Crippen LogP contribution in [0.2, 0.25) is 0 Å². The van der Waals surface area contributed by atoms with Crippen molar-refractivity contribution in [3.05, 3.63) is 0 Å². The summed E-state index contributed by atoms with van der Waals surface area (Å²) in [6.45, 7) is 2.10. The Hall–Kier alpha value is -0.130. The summed E-state index contributed by atoms with van der Waals surface area (Å²) in [6, 6.07) is 0. The van der Waals surface area contributed by atoms with Crippen LogP contribution in [0.1, 0.15) is 6.92 Å². The minimum Gasteiger partial charge on any atom is -0.330 e. The van der Waals surface area contributed by atoms with E-state index in [0.29, 0.717) is 6.54 Å². The summed E-state index contributed by atoms with van der Waals surface area (Å²) in [7, 11) is -3.32. The smallest absolute Gasteiger partial charge is 0.209 e. The van der Waals surface area contributed by atoms with Gasteiger partial charge >= 0.3 is 0 Å². The van der Waals surface area contributed by atoms with E-state index >= 15 is 0 Å². The number of rotatable bonds is 3. The van der Waals surface area contributed by atoms with Gasteiger partial charge in [-0.05, 0) is 12.5 Å². The molecule has 0 aromatic carbocycles. The summed E-state index contributed by atoms with van der Waals surface area (Å²) >= 11 is 0. The quantitative estimate of drug-likeness (QED) is 0.536. The third kappa shape index (κ3) is 5.75. The van der Waals surface area contributed by atoms with Crippen molar-refractivity contribution >= 4 is 10.0 Å². The molecule has 0 aliphatic heterocycles. The summed E-state index contributed by atoms with van der Waals surface area (Å²) in [5, 5.41) is 4.73. The van der Waals surface area contributed by atoms with Crippen molar-refractivity contribution in [3.63, 3.8) is 0 Å². The Morgan fingerprint density at radius 3 is 2.11 bits per heavy atom. The van der Waals surface area contributed by atoms with Gasteiger partial charge in [0.15, 0.2) is 0 Å². The molecule has 0 aliphatic rings. The van der Waals surface area contributed by atoms with Crippen molar-refractivity contribution in [2.45, 2.75) is 6.92 Å². The van der Waals surface area contributed by atoms with E-state index in [0.717, 1.165) is 0 Å². The third-order valence-corrected chi connectivity index (χ3v) is 1.95. The Kier molecular flexibility index (Phi) is 3.10. The van der Waals surface area contributed by atoms with Crippen molar-refractivity contribution in [2.24, 2.45) is 16.8 Å². The molecule has 4 nitrogen and oxygen atoms in total. The highest BCUT2D eigenvalue weighted by Crippen LogP contribution is 1.93. The van der Waals surface area contributed by atoms with Gasteiger partial charge in [-0.1, -0.05) is 6.92 Å². The van der Waals surface area contributed by atoms with Crippen LogP contribution >= 0.6 is 0 Å². The Morgan fingerprint density at radius 1 is 1.56 bits per heavy atom. The normalized spacial score (nSPS) is 15.4. The summed E-state index contributed by atoms with van der Waals surface area (Å²) in [6.07, 6.45) is 0. The zero-order valence-electron chi connectivity index (χ0n) is 5.37. The second-order valence-electron chi connectivity index (χ2n) is 2.17. The van der Waals surface area contributed by atoms with Gasteiger partial charge in [0.25, 0.3) is 0 Å². The second-order valence-corrected chi connectivity index (χ2v) is 3.83. The molecule has 5 heteroatoms. The Morgan fingerprint density at radius 2 is 2.00 bits per heavy atom. The lowest BCUT2D eigenvalue weighted by Crippen LogP contribution is -2.25. The lowest BCUT2D eigenvalue weighted by molar-refractivity contribution is 0.575. The zero-order chi connectivity index (χ0) is 7.49. The van der Waals surface area contributed by atoms with Gasteiger partial charge in [-0.3, -0.25) is 0 Å². The minimum atomic E-state index is -3.32. The molecule has 0 amide bonds. The summed E-state index contributed by atoms with van der Waals surface area (Å²) in [5.41, 5.74) is 5.16. The first-order valence-corrected chi connectivity index (χ1v) is 4.38. The topological polar surface area (TPSA) is 86.2 Å². The molecular weight excluding hydrogens is 140 g/mol. The van der Waals surface area contributed by atoms with Crippen LogP contribution in [0.3, 0.4) is 0 Å². The van der Waals surface area contributed by atoms with E-state index in [1.54, 1.807) is 6.92 Å². The first kappa shape index (κ1) is 8.87. The van der Waals surface area contributed by atoms with Crippen molar-refractivity contribution < 1.29 is 8.42 Å². The molecule has 9 heavy (non-hydrogen) atoms. The highest BCUT2D eigenvalue weighted by atomic mass is 32.2. The summed E-state index contributed by atoms with van der Waals surface area (Å²) < 4.78 is 20.6. The molecule has 0 aromatic heterocycles. The molecule has 0 aliphatic carbocycles. The van der Waals surface area contributed by atoms with Crippen LogP contribution in [-0.4, -0.2) is 20.7 Å². The van der Waals surface area contributed by atoms with Crippen LogP contribution in [0.25, 0.3) is 0 Å². The monoisotopic (exact) mass is 152 g/mol. The minimum absolute atomic E-state index is 0.0243. The van der Waals surface area contributed by atoms with Gasteiger partial charge in [-0.2, -0.15) is 0 Å². The molecule has 0 heterocycles. The van der Waals surface area contributed by atoms with Gasteiger partial charge in [0.2, 0.25) is 10.0 Å². The average Bonchev–Trinajstić information content (AvgIpc) is 1.62. The molecule has 4 N–H and O–H groups in total. The number of primary sulfonamides is 1. The van der Waals surface area contributed by atoms with Crippen LogP contribution in [0.5, 0.6) is 0 Å². The molecule has 0 saturated heterocycles. The molecule has 0 rings (SSSR count). The molecule has 1 unspecified atom stereocenters. The molecule has 0 aromatic rings. The lowest BCUT2D eigenvalue weighted by atomic mass is 10.2. The Labute approximate surface area is 55.3 Å².